The van der Waals surface area contributed by atoms with Gasteiger partial charge in [0.2, 0.25) is 0 Å². The minimum absolute atomic E-state index is 0. The van der Waals surface area contributed by atoms with Crippen molar-refractivity contribution in [2.45, 2.75) is 37.5 Å². The van der Waals surface area contributed by atoms with Crippen molar-refractivity contribution >= 4 is 141 Å². The molecule has 3 aliphatic rings. The molecule has 28 aromatic rings. The summed E-state index contributed by atoms with van der Waals surface area (Å²) in [6.45, 7) is 4.70. The van der Waals surface area contributed by atoms with Crippen LogP contribution < -0.4 is 0 Å². The highest BCUT2D eigenvalue weighted by Crippen LogP contribution is 2.62. The lowest BCUT2D eigenvalue weighted by Gasteiger charge is -2.34. The number of hydrogen-bond acceptors (Lipinski definition) is 3. The molecule has 0 N–H and O–H groups in total. The summed E-state index contributed by atoms with van der Waals surface area (Å²) in [6.07, 6.45) is 0. The van der Waals surface area contributed by atoms with Crippen LogP contribution in [0.1, 0.15) is 83.8 Å². The van der Waals surface area contributed by atoms with Gasteiger partial charge < -0.3 is 13.3 Å². The van der Waals surface area contributed by atoms with Gasteiger partial charge in [0.1, 0.15) is 33.5 Å². The topological polar surface area (TPSA) is 39.4 Å². The van der Waals surface area contributed by atoms with E-state index in [1.807, 2.05) is 42.5 Å². The first kappa shape index (κ1) is 79.5. The molecular weight excluding hydrogens is 1750 g/mol. The average molecular weight is 1850 g/mol. The highest BCUT2D eigenvalue weighted by Gasteiger charge is 2.49. The Morgan fingerprint density at radius 2 is 0.483 bits per heavy atom. The van der Waals surface area contributed by atoms with Gasteiger partial charge in [0.05, 0.1) is 17.7 Å². The van der Waals surface area contributed by atoms with Gasteiger partial charge in [-0.3, -0.25) is 0 Å². The number of furan rings is 3. The van der Waals surface area contributed by atoms with Gasteiger partial charge in [0.25, 0.3) is 0 Å². The van der Waals surface area contributed by atoms with Crippen LogP contribution in [0.5, 0.6) is 0 Å². The van der Waals surface area contributed by atoms with Gasteiger partial charge in [-0.2, -0.15) is 0 Å². The third kappa shape index (κ3) is 12.5. The van der Waals surface area contributed by atoms with Crippen molar-refractivity contribution < 1.29 is 20.1 Å². The lowest BCUT2D eigenvalue weighted by Crippen LogP contribution is -2.28. The van der Waals surface area contributed by atoms with Crippen molar-refractivity contribution in [1.82, 2.24) is 0 Å². The Morgan fingerprint density at radius 3 is 0.910 bits per heavy atom. The molecule has 3 heterocycles. The van der Waals surface area contributed by atoms with Gasteiger partial charge >= 0.3 is 0 Å². The minimum Gasteiger partial charge on any atom is -0.456 e. The number of fused-ring (bicyclic) bond motifs is 7. The molecule has 3 heteroatoms. The molecule has 25 aromatic carbocycles. The van der Waals surface area contributed by atoms with Gasteiger partial charge in [-0.25, -0.2) is 0 Å². The third-order valence-corrected chi connectivity index (χ3v) is 31.5. The summed E-state index contributed by atoms with van der Waals surface area (Å²) in [5, 5.41) is 23.4. The summed E-state index contributed by atoms with van der Waals surface area (Å²) in [7, 11) is 0. The molecule has 0 radical (unpaired) electrons. The maximum absolute atomic E-state index is 8.95. The average Bonchev–Trinajstić information content (AvgIpc) is 1.51. The lowest BCUT2D eigenvalue weighted by atomic mass is 9.67. The molecule has 0 unspecified atom stereocenters. The van der Waals surface area contributed by atoms with Crippen molar-refractivity contribution in [3.05, 3.63) is 565 Å². The number of rotatable bonds is 12. The van der Waals surface area contributed by atoms with Crippen LogP contribution in [-0.2, 0) is 16.2 Å². The first-order chi connectivity index (χ1) is 73.3. The summed E-state index contributed by atoms with van der Waals surface area (Å²) in [5.74, 6) is 0. The first-order valence-electron chi connectivity index (χ1n) is 52.2. The van der Waals surface area contributed by atoms with Crippen LogP contribution in [-0.4, -0.2) is 0 Å². The Hall–Kier alpha value is -18.3. The molecule has 0 bridgehead atoms. The van der Waals surface area contributed by atoms with E-state index < -0.39 is 16.9 Å². The van der Waals surface area contributed by atoms with Gasteiger partial charge in [-0.05, 0) is 269 Å². The second kappa shape index (κ2) is 33.2. The fourth-order valence-electron chi connectivity index (χ4n) is 25.8. The monoisotopic (exact) mass is 1850 g/mol. The Bertz CT molecular complexity index is 10200. The highest BCUT2D eigenvalue weighted by atomic mass is 16.3. The molecule has 0 fully saturated rings. The largest absolute Gasteiger partial charge is 0.456 e. The quantitative estimate of drug-likeness (QED) is 0.114. The van der Waals surface area contributed by atoms with Gasteiger partial charge in [-0.1, -0.05) is 482 Å². The molecule has 0 atom stereocenters. The molecule has 0 saturated carbocycles. The highest BCUT2D eigenvalue weighted by molar-refractivity contribution is 6.27. The molecule has 680 valence electrons. The van der Waals surface area contributed by atoms with Crippen LogP contribution in [0.2, 0.25) is 0 Å². The molecule has 0 spiro atoms. The van der Waals surface area contributed by atoms with Gasteiger partial charge in [0, 0.05) is 37.7 Å². The molecule has 3 aliphatic carbocycles. The van der Waals surface area contributed by atoms with E-state index in [9.17, 15) is 0 Å². The molecule has 0 amide bonds. The molecule has 0 saturated heterocycles. The van der Waals surface area contributed by atoms with Crippen LogP contribution in [0, 0.1) is 0 Å². The maximum atomic E-state index is 8.95. The van der Waals surface area contributed by atoms with Crippen molar-refractivity contribution in [1.29, 1.82) is 0 Å². The minimum atomic E-state index is -0.601. The normalized spacial score (nSPS) is 13.8. The van der Waals surface area contributed by atoms with Crippen molar-refractivity contribution in [2.75, 3.05) is 0 Å². The van der Waals surface area contributed by atoms with Crippen LogP contribution in [0.15, 0.2) is 523 Å². The predicted octanol–water partition coefficient (Wildman–Crippen LogP) is 38.8. The van der Waals surface area contributed by atoms with E-state index in [-0.39, 0.29) is 42.6 Å². The standard InChI is InChI=1S/C55H34O.C45H28O.C41H28O.CH4/c1-3-17-39(18-4-1)55(40-19-5-2-6-20-40)47-27-14-28-49-53(47)54-48(55)33-38(34-50(54)56-49)35-29-31-37(32-30-35)51-43-22-9-11-24-45(43)52(46-25-12-10-23-44(46)51)42-26-13-16-36-15-7-8-21-41(36)42;1-4-15-29(16-5-1)41-33-21-10-12-23-35(33)42(36-24-13-11-22-34(36)41)30-27-38-44-40(28-30)46-39-26-14-25-37(43(39)44)45(38,31-17-6-2-7-18-31)32-19-8-3-9-20-32;1-41(2)33-17-10-18-34-38(33)39-35(42-34)24-23-28(40(39)41)25-19-21-27(22-20-25)37-31-15-8-6-13-29(31)36(26-11-4-3-5-12-26)30-14-7-9-16-32(30)37;/h1-34H;1-28H;3-24H,1-2H3;1H4/i;1D,4D,5D,15D,16D;;. The second-order valence-electron chi connectivity index (χ2n) is 39.2. The zero-order valence-electron chi connectivity index (χ0n) is 83.8. The van der Waals surface area contributed by atoms with Crippen LogP contribution in [0.25, 0.3) is 230 Å². The van der Waals surface area contributed by atoms with Crippen molar-refractivity contribution in [3.63, 3.8) is 0 Å². The number of hydrogen-bond donors (Lipinski definition) is 0. The zero-order valence-corrected chi connectivity index (χ0v) is 78.8. The molecule has 3 aromatic heterocycles. The summed E-state index contributed by atoms with van der Waals surface area (Å²) in [4.78, 5) is 0. The van der Waals surface area contributed by atoms with Crippen LogP contribution >= 0.6 is 0 Å². The summed E-state index contributed by atoms with van der Waals surface area (Å²) in [6, 6.07) is 171. The van der Waals surface area contributed by atoms with E-state index in [0.717, 1.165) is 93.6 Å². The fourth-order valence-corrected chi connectivity index (χ4v) is 25.8. The lowest BCUT2D eigenvalue weighted by molar-refractivity contribution is 0.643. The van der Waals surface area contributed by atoms with Gasteiger partial charge in [-0.15, -0.1) is 0 Å². The van der Waals surface area contributed by atoms with E-state index in [2.05, 4.69) is 451 Å². The van der Waals surface area contributed by atoms with Crippen LogP contribution in [0.4, 0.5) is 0 Å². The molecule has 0 aliphatic heterocycles. The molecular formula is C142H94O3. The van der Waals surface area contributed by atoms with Crippen molar-refractivity contribution in [2.24, 2.45) is 0 Å². The van der Waals surface area contributed by atoms with E-state index in [4.69, 9.17) is 20.1 Å². The molecule has 145 heavy (non-hydrogen) atoms. The first-order valence-corrected chi connectivity index (χ1v) is 49.7. The maximum Gasteiger partial charge on any atom is 0.136 e. The Balaban J connectivity index is 0.000000109. The summed E-state index contributed by atoms with van der Waals surface area (Å²) >= 11 is 0. The van der Waals surface area contributed by atoms with Crippen molar-refractivity contribution in [3.8, 4) is 89.0 Å². The molecule has 31 rings (SSSR count). The Kier molecular flexibility index (Phi) is 18.2. The zero-order chi connectivity index (χ0) is 99.4. The SMILES string of the molecule is C.CC1(C)c2cccc3oc4ccc(-c5ccc(-c6c7ccccc7c(-c7ccccc7)c7ccccc67)cc5)c1c4c23.[2H]c1c([2H])c([2H])c(-c2c3ccccc3c(-c3cc4c5c(c3)oc3cccc(c35)C4(c3ccccc3)c3ccccc3)c3ccccc23)c([2H])c1[2H].c1ccc(C2(c3ccccc3)c3cccc4oc5cc(-c6ccc(-c7c8ccccc8c(-c8cccc9ccccc89)c8ccccc78)cc6)cc2c5c34)cc1. The van der Waals surface area contributed by atoms with Crippen LogP contribution in [0.3, 0.4) is 0 Å². The summed E-state index contributed by atoms with van der Waals surface area (Å²) < 4.78 is 62.7. The fraction of sp³-hybridized carbons (Fsp3) is 0.0423. The second-order valence-corrected chi connectivity index (χ2v) is 39.2. The number of benzene rings is 25. The van der Waals surface area contributed by atoms with E-state index >= 15 is 0 Å². The van der Waals surface area contributed by atoms with E-state index in [1.54, 1.807) is 0 Å². The Labute approximate surface area is 847 Å². The van der Waals surface area contributed by atoms with Gasteiger partial charge in [0.15, 0.2) is 0 Å². The van der Waals surface area contributed by atoms with E-state index in [1.165, 1.54) is 181 Å². The smallest absolute Gasteiger partial charge is 0.136 e. The summed E-state index contributed by atoms with van der Waals surface area (Å²) in [5.41, 5.74) is 34.5. The third-order valence-electron chi connectivity index (χ3n) is 31.5. The Morgan fingerprint density at radius 1 is 0.186 bits per heavy atom. The van der Waals surface area contributed by atoms with E-state index in [0.29, 0.717) is 5.56 Å². The molecule has 3 nitrogen and oxygen atoms in total. The predicted molar refractivity (Wildman–Crippen MR) is 610 cm³/mol.